The molecule has 0 aliphatic carbocycles. The van der Waals surface area contributed by atoms with E-state index in [4.69, 9.17) is 4.74 Å². The Morgan fingerprint density at radius 3 is 3.23 bits per heavy atom. The topological polar surface area (TPSA) is 64.4 Å². The van der Waals surface area contributed by atoms with Gasteiger partial charge in [0.05, 0.1) is 24.0 Å². The number of fused-ring (bicyclic) bond motifs is 5. The Balaban J connectivity index is 1.93. The normalized spacial score (nSPS) is 19.4. The summed E-state index contributed by atoms with van der Waals surface area (Å²) in [6.45, 7) is 2.80. The number of thiophene rings is 1. The van der Waals surface area contributed by atoms with Crippen molar-refractivity contribution in [1.82, 2.24) is 14.5 Å². The summed E-state index contributed by atoms with van der Waals surface area (Å²) in [5, 5.41) is 1.90. The van der Waals surface area contributed by atoms with E-state index < -0.39 is 5.97 Å². The number of rotatable bonds is 2. The summed E-state index contributed by atoms with van der Waals surface area (Å²) in [6.07, 6.45) is 3.41. The molecule has 2 aliphatic heterocycles. The van der Waals surface area contributed by atoms with Gasteiger partial charge in [-0.25, -0.2) is 9.78 Å². The second-order valence-corrected chi connectivity index (χ2v) is 6.28. The molecule has 22 heavy (non-hydrogen) atoms. The molecule has 1 amide bonds. The molecule has 2 aromatic heterocycles. The number of hydrogen-bond acceptors (Lipinski definition) is 5. The molecule has 6 nitrogen and oxygen atoms in total. The summed E-state index contributed by atoms with van der Waals surface area (Å²) in [5.41, 5.74) is 1.91. The van der Waals surface area contributed by atoms with Gasteiger partial charge >= 0.3 is 5.97 Å². The van der Waals surface area contributed by atoms with Gasteiger partial charge in [0.15, 0.2) is 5.69 Å². The van der Waals surface area contributed by atoms with Crippen LogP contribution in [0, 0.1) is 0 Å². The fraction of sp³-hybridized carbons (Fsp3) is 0.400. The molecule has 0 bridgehead atoms. The lowest BCUT2D eigenvalue weighted by atomic mass is 10.1. The number of ether oxygens (including phenoxy) is 1. The second-order valence-electron chi connectivity index (χ2n) is 5.36. The molecule has 2 aliphatic rings. The van der Waals surface area contributed by atoms with Crippen LogP contribution in [-0.2, 0) is 4.74 Å². The third kappa shape index (κ3) is 1.75. The molecule has 1 saturated heterocycles. The quantitative estimate of drug-likeness (QED) is 0.798. The van der Waals surface area contributed by atoms with E-state index in [1.165, 1.54) is 11.3 Å². The minimum atomic E-state index is -0.422. The van der Waals surface area contributed by atoms with Crippen LogP contribution < -0.4 is 0 Å². The maximum atomic E-state index is 12.7. The van der Waals surface area contributed by atoms with E-state index in [0.717, 1.165) is 24.2 Å². The predicted molar refractivity (Wildman–Crippen MR) is 80.4 cm³/mol. The summed E-state index contributed by atoms with van der Waals surface area (Å²) in [5.74, 6) is -0.375. The molecular weight excluding hydrogens is 302 g/mol. The van der Waals surface area contributed by atoms with E-state index >= 15 is 0 Å². The van der Waals surface area contributed by atoms with E-state index in [2.05, 4.69) is 4.98 Å². The van der Waals surface area contributed by atoms with Crippen molar-refractivity contribution in [2.75, 3.05) is 13.2 Å². The van der Waals surface area contributed by atoms with Crippen molar-refractivity contribution < 1.29 is 14.3 Å². The number of carbonyl (C=O) groups excluding carboxylic acids is 2. The van der Waals surface area contributed by atoms with Gasteiger partial charge in [-0.3, -0.25) is 9.36 Å². The number of carbonyl (C=O) groups is 2. The summed E-state index contributed by atoms with van der Waals surface area (Å²) < 4.78 is 7.00. The Morgan fingerprint density at radius 1 is 1.55 bits per heavy atom. The highest BCUT2D eigenvalue weighted by molar-refractivity contribution is 7.12. The molecule has 114 valence electrons. The van der Waals surface area contributed by atoms with Gasteiger partial charge in [0.25, 0.3) is 5.91 Å². The van der Waals surface area contributed by atoms with E-state index in [9.17, 15) is 9.59 Å². The minimum absolute atomic E-state index is 0.0472. The summed E-state index contributed by atoms with van der Waals surface area (Å²) in [7, 11) is 0. The standard InChI is InChI=1S/C15H15N3O3S/c1-2-21-15(20)11-12-9-4-3-6-17(9)14(19)13-10(5-7-22-13)18(12)8-16-11/h5,7-9H,2-4,6H2,1H3/t9-/m0/s1. The van der Waals surface area contributed by atoms with Gasteiger partial charge in [0.1, 0.15) is 11.2 Å². The zero-order chi connectivity index (χ0) is 15.3. The first kappa shape index (κ1) is 13.5. The molecule has 4 rings (SSSR count). The van der Waals surface area contributed by atoms with Crippen molar-refractivity contribution in [3.8, 4) is 5.69 Å². The zero-order valence-electron chi connectivity index (χ0n) is 12.1. The Hall–Kier alpha value is -2.15. The first-order valence-corrected chi connectivity index (χ1v) is 8.23. The third-order valence-corrected chi connectivity index (χ3v) is 5.09. The highest BCUT2D eigenvalue weighted by atomic mass is 32.1. The Labute approximate surface area is 131 Å². The number of esters is 1. The smallest absolute Gasteiger partial charge is 0.358 e. The van der Waals surface area contributed by atoms with E-state index in [0.29, 0.717) is 23.7 Å². The molecule has 1 atom stereocenters. The zero-order valence-corrected chi connectivity index (χ0v) is 12.9. The predicted octanol–water partition coefficient (Wildman–Crippen LogP) is 2.40. The van der Waals surface area contributed by atoms with Crippen molar-refractivity contribution in [1.29, 1.82) is 0 Å². The van der Waals surface area contributed by atoms with Crippen LogP contribution in [0.4, 0.5) is 0 Å². The molecule has 0 unspecified atom stereocenters. The number of hydrogen-bond donors (Lipinski definition) is 0. The summed E-state index contributed by atoms with van der Waals surface area (Å²) >= 11 is 1.43. The molecule has 2 aromatic rings. The SMILES string of the molecule is CCOC(=O)c1ncn2c1[C@@H]1CCCN1C(=O)c1sccc1-2. The van der Waals surface area contributed by atoms with Gasteiger partial charge in [-0.2, -0.15) is 0 Å². The average molecular weight is 317 g/mol. The largest absolute Gasteiger partial charge is 0.461 e. The maximum absolute atomic E-state index is 12.7. The lowest BCUT2D eigenvalue weighted by Crippen LogP contribution is -2.30. The van der Waals surface area contributed by atoms with Gasteiger partial charge in [-0.1, -0.05) is 0 Å². The molecule has 0 saturated carbocycles. The van der Waals surface area contributed by atoms with Gasteiger partial charge in [-0.15, -0.1) is 11.3 Å². The molecule has 0 radical (unpaired) electrons. The number of amides is 1. The molecule has 1 fully saturated rings. The average Bonchev–Trinajstić information content (AvgIpc) is 3.23. The van der Waals surface area contributed by atoms with Crippen LogP contribution in [0.5, 0.6) is 0 Å². The van der Waals surface area contributed by atoms with Crippen LogP contribution in [0.2, 0.25) is 0 Å². The van der Waals surface area contributed by atoms with Crippen LogP contribution in [-0.4, -0.2) is 39.5 Å². The second kappa shape index (κ2) is 4.95. The van der Waals surface area contributed by atoms with Crippen molar-refractivity contribution in [2.24, 2.45) is 0 Å². The van der Waals surface area contributed by atoms with Crippen LogP contribution in [0.3, 0.4) is 0 Å². The molecular formula is C15H15N3O3S. The number of aromatic nitrogens is 2. The molecule has 0 aromatic carbocycles. The van der Waals surface area contributed by atoms with E-state index in [-0.39, 0.29) is 11.9 Å². The Morgan fingerprint density at radius 2 is 2.41 bits per heavy atom. The minimum Gasteiger partial charge on any atom is -0.461 e. The fourth-order valence-electron chi connectivity index (χ4n) is 3.30. The van der Waals surface area contributed by atoms with Crippen LogP contribution in [0.1, 0.15) is 51.7 Å². The Bertz CT molecular complexity index is 764. The van der Waals surface area contributed by atoms with Crippen molar-refractivity contribution in [3.05, 3.63) is 34.0 Å². The first-order chi connectivity index (χ1) is 10.7. The van der Waals surface area contributed by atoms with Crippen LogP contribution in [0.15, 0.2) is 17.8 Å². The maximum Gasteiger partial charge on any atom is 0.358 e. The van der Waals surface area contributed by atoms with Gasteiger partial charge in [0, 0.05) is 6.54 Å². The van der Waals surface area contributed by atoms with Gasteiger partial charge in [-0.05, 0) is 31.2 Å². The lowest BCUT2D eigenvalue weighted by molar-refractivity contribution is 0.0513. The molecule has 4 heterocycles. The van der Waals surface area contributed by atoms with Crippen molar-refractivity contribution in [2.45, 2.75) is 25.8 Å². The number of nitrogens with zero attached hydrogens (tertiary/aromatic N) is 3. The van der Waals surface area contributed by atoms with E-state index in [1.54, 1.807) is 13.3 Å². The van der Waals surface area contributed by atoms with Gasteiger partial charge < -0.3 is 9.64 Å². The summed E-state index contributed by atoms with van der Waals surface area (Å²) in [6, 6.07) is 1.80. The van der Waals surface area contributed by atoms with E-state index in [1.807, 2.05) is 20.9 Å². The van der Waals surface area contributed by atoms with Crippen molar-refractivity contribution in [3.63, 3.8) is 0 Å². The molecule has 0 N–H and O–H groups in total. The third-order valence-electron chi connectivity index (χ3n) is 4.20. The first-order valence-electron chi connectivity index (χ1n) is 7.35. The fourth-order valence-corrected chi connectivity index (χ4v) is 4.14. The highest BCUT2D eigenvalue weighted by Gasteiger charge is 2.40. The monoisotopic (exact) mass is 317 g/mol. The van der Waals surface area contributed by atoms with Crippen LogP contribution >= 0.6 is 11.3 Å². The highest BCUT2D eigenvalue weighted by Crippen LogP contribution is 2.41. The van der Waals surface area contributed by atoms with Gasteiger partial charge in [0.2, 0.25) is 0 Å². The molecule has 0 spiro atoms. The Kier molecular flexibility index (Phi) is 3.04. The molecule has 7 heteroatoms. The van der Waals surface area contributed by atoms with Crippen molar-refractivity contribution >= 4 is 23.2 Å². The van der Waals surface area contributed by atoms with Crippen LogP contribution in [0.25, 0.3) is 5.69 Å². The lowest BCUT2D eigenvalue weighted by Gasteiger charge is -2.22. The number of imidazole rings is 1. The summed E-state index contributed by atoms with van der Waals surface area (Å²) in [4.78, 5) is 31.8.